The van der Waals surface area contributed by atoms with E-state index < -0.39 is 0 Å². The summed E-state index contributed by atoms with van der Waals surface area (Å²) in [6, 6.07) is 12.4. The Hall–Kier alpha value is -1.89. The summed E-state index contributed by atoms with van der Waals surface area (Å²) in [7, 11) is 0. The normalized spacial score (nSPS) is 24.0. The number of rotatable bonds is 5. The van der Waals surface area contributed by atoms with Crippen molar-refractivity contribution in [2.45, 2.75) is 49.3 Å². The van der Waals surface area contributed by atoms with E-state index in [1.807, 2.05) is 18.2 Å². The fraction of sp³-hybridized carbons (Fsp3) is 0.350. The van der Waals surface area contributed by atoms with Gasteiger partial charge in [-0.3, -0.25) is 9.52 Å². The summed E-state index contributed by atoms with van der Waals surface area (Å²) in [5.74, 6) is -0.487. The SMILES string of the molecule is Cc1cc(NC(=O)c2cccc(SNC3CC4CCC3O4)c2)ccc1F. The molecule has 3 atom stereocenters. The number of carbonyl (C=O) groups is 1. The second kappa shape index (κ2) is 7.39. The molecule has 26 heavy (non-hydrogen) atoms. The number of fused-ring (bicyclic) bond motifs is 2. The van der Waals surface area contributed by atoms with Crippen molar-refractivity contribution in [3.8, 4) is 0 Å². The molecule has 0 radical (unpaired) electrons. The van der Waals surface area contributed by atoms with Gasteiger partial charge in [0.25, 0.3) is 5.91 Å². The van der Waals surface area contributed by atoms with Gasteiger partial charge in [0.05, 0.1) is 12.2 Å². The van der Waals surface area contributed by atoms with Crippen LogP contribution in [0.4, 0.5) is 10.1 Å². The molecule has 0 saturated carbocycles. The van der Waals surface area contributed by atoms with Crippen molar-refractivity contribution in [2.75, 3.05) is 5.32 Å². The Kier molecular flexibility index (Phi) is 4.98. The summed E-state index contributed by atoms with van der Waals surface area (Å²) < 4.78 is 22.7. The van der Waals surface area contributed by atoms with Crippen LogP contribution in [0.25, 0.3) is 0 Å². The molecule has 4 rings (SSSR count). The van der Waals surface area contributed by atoms with E-state index in [2.05, 4.69) is 10.0 Å². The van der Waals surface area contributed by atoms with Crippen LogP contribution in [0.1, 0.15) is 35.2 Å². The quantitative estimate of drug-likeness (QED) is 0.768. The van der Waals surface area contributed by atoms with Crippen molar-refractivity contribution >= 4 is 23.5 Å². The van der Waals surface area contributed by atoms with Crippen LogP contribution in [0, 0.1) is 12.7 Å². The molecule has 2 aliphatic rings. The molecule has 2 saturated heterocycles. The zero-order valence-corrected chi connectivity index (χ0v) is 15.3. The molecule has 0 spiro atoms. The minimum absolute atomic E-state index is 0.207. The van der Waals surface area contributed by atoms with Crippen LogP contribution in [0.2, 0.25) is 0 Å². The van der Waals surface area contributed by atoms with Crippen molar-refractivity contribution in [2.24, 2.45) is 0 Å². The standard InChI is InChI=1S/C20H21FN2O2S/c1-12-9-14(5-7-17(12)21)22-20(24)13-3-2-4-16(10-13)26-23-18-11-15-6-8-19(18)25-15/h2-5,7,9-10,15,18-19,23H,6,8,11H2,1H3,(H,22,24). The summed E-state index contributed by atoms with van der Waals surface area (Å²) in [6.45, 7) is 1.67. The Labute approximate surface area is 156 Å². The molecule has 2 N–H and O–H groups in total. The van der Waals surface area contributed by atoms with E-state index in [1.54, 1.807) is 37.1 Å². The number of ether oxygens (including phenoxy) is 1. The number of carbonyl (C=O) groups excluding carboxylic acids is 1. The zero-order chi connectivity index (χ0) is 18.1. The van der Waals surface area contributed by atoms with Gasteiger partial charge in [-0.15, -0.1) is 0 Å². The van der Waals surface area contributed by atoms with E-state index in [1.165, 1.54) is 12.5 Å². The number of nitrogens with one attached hydrogen (secondary N) is 2. The first-order valence-corrected chi connectivity index (χ1v) is 9.65. The molecule has 2 fully saturated rings. The van der Waals surface area contributed by atoms with Gasteiger partial charge in [0, 0.05) is 22.2 Å². The highest BCUT2D eigenvalue weighted by atomic mass is 32.2. The van der Waals surface area contributed by atoms with Gasteiger partial charge in [0.1, 0.15) is 5.82 Å². The van der Waals surface area contributed by atoms with E-state index in [0.717, 1.165) is 17.7 Å². The second-order valence-electron chi connectivity index (χ2n) is 6.88. The molecule has 2 bridgehead atoms. The van der Waals surface area contributed by atoms with Crippen molar-refractivity contribution in [1.82, 2.24) is 4.72 Å². The van der Waals surface area contributed by atoms with E-state index >= 15 is 0 Å². The average molecular weight is 372 g/mol. The number of benzene rings is 2. The molecule has 4 nitrogen and oxygen atoms in total. The van der Waals surface area contributed by atoms with Crippen LogP contribution in [-0.4, -0.2) is 24.2 Å². The maximum atomic E-state index is 13.3. The number of hydrogen-bond donors (Lipinski definition) is 2. The van der Waals surface area contributed by atoms with Gasteiger partial charge in [-0.1, -0.05) is 6.07 Å². The fourth-order valence-electron chi connectivity index (χ4n) is 3.53. The highest BCUT2D eigenvalue weighted by Crippen LogP contribution is 2.35. The second-order valence-corrected chi connectivity index (χ2v) is 7.79. The van der Waals surface area contributed by atoms with E-state index in [0.29, 0.717) is 35.1 Å². The summed E-state index contributed by atoms with van der Waals surface area (Å²) >= 11 is 1.54. The average Bonchev–Trinajstić information content (AvgIpc) is 3.26. The molecule has 2 heterocycles. The lowest BCUT2D eigenvalue weighted by Crippen LogP contribution is -2.33. The van der Waals surface area contributed by atoms with Gasteiger partial charge in [0.15, 0.2) is 0 Å². The van der Waals surface area contributed by atoms with Crippen LogP contribution < -0.4 is 10.0 Å². The molecule has 1 amide bonds. The van der Waals surface area contributed by atoms with Crippen LogP contribution in [0.5, 0.6) is 0 Å². The van der Waals surface area contributed by atoms with Crippen molar-refractivity contribution < 1.29 is 13.9 Å². The maximum absolute atomic E-state index is 13.3. The molecule has 0 aliphatic carbocycles. The molecular weight excluding hydrogens is 351 g/mol. The number of hydrogen-bond acceptors (Lipinski definition) is 4. The number of anilines is 1. The number of aryl methyl sites for hydroxylation is 1. The summed E-state index contributed by atoms with van der Waals surface area (Å²) in [5.41, 5.74) is 1.66. The monoisotopic (exact) mass is 372 g/mol. The third-order valence-electron chi connectivity index (χ3n) is 4.95. The molecule has 2 aromatic rings. The van der Waals surface area contributed by atoms with Crippen LogP contribution in [0.15, 0.2) is 47.4 Å². The lowest BCUT2D eigenvalue weighted by molar-refractivity contribution is 0.0998. The predicted molar refractivity (Wildman–Crippen MR) is 101 cm³/mol. The third-order valence-corrected chi connectivity index (χ3v) is 5.86. The van der Waals surface area contributed by atoms with Gasteiger partial charge < -0.3 is 10.1 Å². The smallest absolute Gasteiger partial charge is 0.255 e. The minimum Gasteiger partial charge on any atom is -0.373 e. The van der Waals surface area contributed by atoms with Crippen molar-refractivity contribution in [1.29, 1.82) is 0 Å². The van der Waals surface area contributed by atoms with Crippen LogP contribution in [-0.2, 0) is 4.74 Å². The molecule has 6 heteroatoms. The fourth-order valence-corrected chi connectivity index (χ4v) is 4.40. The minimum atomic E-state index is -0.280. The molecule has 3 unspecified atom stereocenters. The lowest BCUT2D eigenvalue weighted by atomic mass is 9.96. The highest BCUT2D eigenvalue weighted by Gasteiger charge is 2.40. The Morgan fingerprint density at radius 1 is 1.23 bits per heavy atom. The first kappa shape index (κ1) is 17.5. The van der Waals surface area contributed by atoms with E-state index in [9.17, 15) is 9.18 Å². The van der Waals surface area contributed by atoms with Crippen molar-refractivity contribution in [3.05, 3.63) is 59.4 Å². The summed E-state index contributed by atoms with van der Waals surface area (Å²) in [4.78, 5) is 13.5. The van der Waals surface area contributed by atoms with Gasteiger partial charge in [-0.05, 0) is 80.1 Å². The largest absolute Gasteiger partial charge is 0.373 e. The van der Waals surface area contributed by atoms with Crippen molar-refractivity contribution in [3.63, 3.8) is 0 Å². The van der Waals surface area contributed by atoms with E-state index in [4.69, 9.17) is 4.74 Å². The van der Waals surface area contributed by atoms with E-state index in [-0.39, 0.29) is 11.7 Å². The van der Waals surface area contributed by atoms with Crippen LogP contribution in [0.3, 0.4) is 0 Å². The molecule has 2 aromatic carbocycles. The Morgan fingerprint density at radius 3 is 2.85 bits per heavy atom. The summed E-state index contributed by atoms with van der Waals surface area (Å²) in [6.07, 6.45) is 4.09. The number of amides is 1. The number of halogens is 1. The molecule has 2 aliphatic heterocycles. The highest BCUT2D eigenvalue weighted by molar-refractivity contribution is 7.97. The third kappa shape index (κ3) is 3.77. The predicted octanol–water partition coefficient (Wildman–Crippen LogP) is 4.30. The first-order valence-electron chi connectivity index (χ1n) is 8.84. The Balaban J connectivity index is 1.38. The van der Waals surface area contributed by atoms with Gasteiger partial charge in [-0.25, -0.2) is 4.39 Å². The van der Waals surface area contributed by atoms with Gasteiger partial charge in [-0.2, -0.15) is 0 Å². The van der Waals surface area contributed by atoms with Gasteiger partial charge in [0.2, 0.25) is 0 Å². The van der Waals surface area contributed by atoms with Gasteiger partial charge >= 0.3 is 0 Å². The molecular formula is C20H21FN2O2S. The first-order chi connectivity index (χ1) is 12.6. The lowest BCUT2D eigenvalue weighted by Gasteiger charge is -2.19. The summed E-state index contributed by atoms with van der Waals surface area (Å²) in [5, 5.41) is 2.82. The molecule has 136 valence electrons. The van der Waals surface area contributed by atoms with Crippen LogP contribution >= 0.6 is 11.9 Å². The maximum Gasteiger partial charge on any atom is 0.255 e. The Bertz CT molecular complexity index is 829. The zero-order valence-electron chi connectivity index (χ0n) is 14.5. The molecule has 0 aromatic heterocycles. The topological polar surface area (TPSA) is 50.4 Å². The Morgan fingerprint density at radius 2 is 2.12 bits per heavy atom.